The molecule has 1 fully saturated rings. The van der Waals surface area contributed by atoms with Crippen molar-refractivity contribution < 1.29 is 13.9 Å². The number of methoxy groups -OCH3 is 1. The monoisotopic (exact) mass is 516 g/mol. The number of anilines is 4. The number of nitrogens with two attached hydrogens (primary N) is 1. The van der Waals surface area contributed by atoms with Crippen molar-refractivity contribution in [1.82, 2.24) is 14.9 Å². The molecule has 0 spiro atoms. The molecule has 0 aliphatic carbocycles. The molecule has 1 aliphatic heterocycles. The predicted molar refractivity (Wildman–Crippen MR) is 149 cm³/mol. The first-order valence-corrected chi connectivity index (χ1v) is 12.8. The van der Waals surface area contributed by atoms with Crippen LogP contribution < -0.4 is 21.1 Å². The molecule has 9 heteroatoms. The zero-order valence-electron chi connectivity index (χ0n) is 21.8. The Morgan fingerprint density at radius 1 is 1.08 bits per heavy atom. The fourth-order valence-electron chi connectivity index (χ4n) is 5.15. The van der Waals surface area contributed by atoms with Crippen LogP contribution in [0.3, 0.4) is 0 Å². The molecule has 5 rings (SSSR count). The van der Waals surface area contributed by atoms with Gasteiger partial charge in [-0.1, -0.05) is 6.07 Å². The Kier molecular flexibility index (Phi) is 7.20. The van der Waals surface area contributed by atoms with Crippen molar-refractivity contribution in [2.45, 2.75) is 38.6 Å². The van der Waals surface area contributed by atoms with Crippen LogP contribution in [0.15, 0.2) is 54.9 Å². The van der Waals surface area contributed by atoms with Crippen LogP contribution in [0.4, 0.5) is 27.3 Å². The van der Waals surface area contributed by atoms with Gasteiger partial charge in [0.2, 0.25) is 0 Å². The number of ether oxygens (including phenoxy) is 1. The number of piperidine rings is 1. The number of benzene rings is 2. The lowest BCUT2D eigenvalue weighted by molar-refractivity contribution is 0.100. The van der Waals surface area contributed by atoms with Gasteiger partial charge in [-0.25, -0.2) is 4.39 Å². The molecule has 2 aromatic carbocycles. The molecule has 1 aliphatic rings. The number of hydrogen-bond donors (Lipinski definition) is 4. The van der Waals surface area contributed by atoms with Crippen LogP contribution >= 0.6 is 0 Å². The number of aromatic nitrogens is 2. The molecule has 0 bridgehead atoms. The number of amides is 1. The Labute approximate surface area is 221 Å². The van der Waals surface area contributed by atoms with Gasteiger partial charge in [0.05, 0.1) is 47.6 Å². The maximum Gasteiger partial charge on any atom is 0.250 e. The molecule has 2 aromatic heterocycles. The van der Waals surface area contributed by atoms with Gasteiger partial charge in [-0.05, 0) is 87.7 Å². The van der Waals surface area contributed by atoms with E-state index in [4.69, 9.17) is 10.5 Å². The fraction of sp³-hybridized carbons (Fsp3) is 0.310. The maximum atomic E-state index is 13.7. The van der Waals surface area contributed by atoms with Gasteiger partial charge in [0, 0.05) is 11.4 Å². The first-order chi connectivity index (χ1) is 18.3. The molecular weight excluding hydrogens is 483 g/mol. The molecule has 0 radical (unpaired) electrons. The highest BCUT2D eigenvalue weighted by atomic mass is 19.1. The number of nitrogens with one attached hydrogen (secondary N) is 3. The smallest absolute Gasteiger partial charge is 0.250 e. The van der Waals surface area contributed by atoms with Crippen molar-refractivity contribution >= 4 is 39.7 Å². The second-order valence-corrected chi connectivity index (χ2v) is 10.00. The van der Waals surface area contributed by atoms with Gasteiger partial charge < -0.3 is 31.0 Å². The quantitative estimate of drug-likeness (QED) is 0.233. The average Bonchev–Trinajstić information content (AvgIpc) is 3.33. The van der Waals surface area contributed by atoms with Crippen LogP contribution in [0.2, 0.25) is 0 Å². The molecule has 8 nitrogen and oxygen atoms in total. The molecule has 0 unspecified atom stereocenters. The molecule has 38 heavy (non-hydrogen) atoms. The van der Waals surface area contributed by atoms with E-state index in [2.05, 4.69) is 57.5 Å². The van der Waals surface area contributed by atoms with Crippen molar-refractivity contribution in [3.8, 4) is 5.75 Å². The van der Waals surface area contributed by atoms with E-state index in [0.29, 0.717) is 23.3 Å². The fourth-order valence-corrected chi connectivity index (χ4v) is 5.15. The predicted octanol–water partition coefficient (Wildman–Crippen LogP) is 5.88. The molecule has 1 saturated heterocycles. The van der Waals surface area contributed by atoms with E-state index in [1.807, 2.05) is 6.07 Å². The number of pyridine rings is 1. The highest BCUT2D eigenvalue weighted by molar-refractivity contribution is 6.02. The molecular formula is C29H33FN6O2. The summed E-state index contributed by atoms with van der Waals surface area (Å²) in [6, 6.07) is 12.8. The average molecular weight is 517 g/mol. The number of hydrogen-bond acceptors (Lipinski definition) is 6. The zero-order valence-corrected chi connectivity index (χ0v) is 21.8. The summed E-state index contributed by atoms with van der Waals surface area (Å²) in [7, 11) is 1.68. The van der Waals surface area contributed by atoms with Gasteiger partial charge in [0.15, 0.2) is 0 Å². The van der Waals surface area contributed by atoms with E-state index in [1.165, 1.54) is 17.7 Å². The molecule has 4 aromatic rings. The first kappa shape index (κ1) is 25.5. The highest BCUT2D eigenvalue weighted by Crippen LogP contribution is 2.36. The normalized spacial score (nSPS) is 14.7. The summed E-state index contributed by atoms with van der Waals surface area (Å²) in [4.78, 5) is 22.0. The minimum atomic E-state index is -0.718. The minimum Gasteiger partial charge on any atom is -0.495 e. The van der Waals surface area contributed by atoms with Gasteiger partial charge in [-0.2, -0.15) is 0 Å². The SMILES string of the molecule is COc1cc(C2CCN(C(C)C)CC2)ccc1Nc1cc2c(Nc3ccc(F)cc3C(N)=O)cncc2[nH]1. The Morgan fingerprint density at radius 3 is 2.55 bits per heavy atom. The third kappa shape index (κ3) is 5.28. The third-order valence-corrected chi connectivity index (χ3v) is 7.29. The Hall–Kier alpha value is -4.11. The highest BCUT2D eigenvalue weighted by Gasteiger charge is 2.23. The Bertz CT molecular complexity index is 1460. The van der Waals surface area contributed by atoms with Gasteiger partial charge in [0.1, 0.15) is 17.4 Å². The number of nitrogens with zero attached hydrogens (tertiary/aromatic N) is 2. The lowest BCUT2D eigenvalue weighted by Gasteiger charge is -2.35. The van der Waals surface area contributed by atoms with Crippen LogP contribution in [0.25, 0.3) is 10.9 Å². The van der Waals surface area contributed by atoms with Gasteiger partial charge in [-0.3, -0.25) is 9.78 Å². The molecule has 3 heterocycles. The van der Waals surface area contributed by atoms with E-state index in [1.54, 1.807) is 19.5 Å². The standard InChI is InChI=1S/C29H33FN6O2/c1-17(2)36-10-8-18(9-11-36)19-4-6-24(27(12-19)38-3)34-28-14-21-25(15-32-16-26(21)35-28)33-23-7-5-20(30)13-22(23)29(31)37/h4-7,12-18,33-35H,8-11H2,1-3H3,(H2,31,37). The number of likely N-dealkylation sites (tertiary alicyclic amines) is 1. The number of carbonyl (C=O) groups excluding carboxylic acids is 1. The van der Waals surface area contributed by atoms with Crippen LogP contribution in [-0.4, -0.2) is 47.0 Å². The number of halogens is 1. The summed E-state index contributed by atoms with van der Waals surface area (Å²) in [5.74, 6) is 0.805. The molecule has 1 amide bonds. The first-order valence-electron chi connectivity index (χ1n) is 12.8. The lowest BCUT2D eigenvalue weighted by Crippen LogP contribution is -2.37. The number of primary amides is 1. The van der Waals surface area contributed by atoms with E-state index in [-0.39, 0.29) is 5.56 Å². The van der Waals surface area contributed by atoms with Gasteiger partial charge in [0.25, 0.3) is 5.91 Å². The minimum absolute atomic E-state index is 0.0654. The van der Waals surface area contributed by atoms with Crippen molar-refractivity contribution in [1.29, 1.82) is 0 Å². The summed E-state index contributed by atoms with van der Waals surface area (Å²) in [6.07, 6.45) is 5.65. The van der Waals surface area contributed by atoms with Crippen LogP contribution in [-0.2, 0) is 0 Å². The van der Waals surface area contributed by atoms with Crippen molar-refractivity contribution in [3.63, 3.8) is 0 Å². The van der Waals surface area contributed by atoms with E-state index in [0.717, 1.165) is 60.2 Å². The second-order valence-electron chi connectivity index (χ2n) is 10.00. The lowest BCUT2D eigenvalue weighted by atomic mass is 9.88. The van der Waals surface area contributed by atoms with Crippen molar-refractivity contribution in [2.24, 2.45) is 5.73 Å². The zero-order chi connectivity index (χ0) is 26.8. The number of H-pyrrole nitrogens is 1. The molecule has 0 atom stereocenters. The summed E-state index contributed by atoms with van der Waals surface area (Å²) in [6.45, 7) is 6.74. The van der Waals surface area contributed by atoms with Crippen LogP contribution in [0.5, 0.6) is 5.75 Å². The molecule has 0 saturated carbocycles. The van der Waals surface area contributed by atoms with E-state index >= 15 is 0 Å². The largest absolute Gasteiger partial charge is 0.495 e. The van der Waals surface area contributed by atoms with E-state index in [9.17, 15) is 9.18 Å². The van der Waals surface area contributed by atoms with E-state index < -0.39 is 11.7 Å². The number of carbonyl (C=O) groups is 1. The number of rotatable bonds is 8. The molecule has 5 N–H and O–H groups in total. The summed E-state index contributed by atoms with van der Waals surface area (Å²) in [5.41, 5.74) is 9.50. The third-order valence-electron chi connectivity index (χ3n) is 7.29. The molecule has 198 valence electrons. The van der Waals surface area contributed by atoms with Gasteiger partial charge >= 0.3 is 0 Å². The second kappa shape index (κ2) is 10.7. The maximum absolute atomic E-state index is 13.7. The Balaban J connectivity index is 1.37. The van der Waals surface area contributed by atoms with Crippen LogP contribution in [0.1, 0.15) is 48.5 Å². The number of aromatic amines is 1. The summed E-state index contributed by atoms with van der Waals surface area (Å²) < 4.78 is 19.4. The van der Waals surface area contributed by atoms with Crippen molar-refractivity contribution in [2.75, 3.05) is 30.8 Å². The Morgan fingerprint density at radius 2 is 1.84 bits per heavy atom. The topological polar surface area (TPSA) is 108 Å². The number of fused-ring (bicyclic) bond motifs is 1. The summed E-state index contributed by atoms with van der Waals surface area (Å²) >= 11 is 0. The van der Waals surface area contributed by atoms with Gasteiger partial charge in [-0.15, -0.1) is 0 Å². The van der Waals surface area contributed by atoms with Crippen LogP contribution in [0, 0.1) is 5.82 Å². The summed E-state index contributed by atoms with van der Waals surface area (Å²) in [5, 5.41) is 7.44. The van der Waals surface area contributed by atoms with Crippen molar-refractivity contribution in [3.05, 3.63) is 71.8 Å².